The molecule has 1 aromatic carbocycles. The van der Waals surface area contributed by atoms with Crippen molar-refractivity contribution in [3.63, 3.8) is 0 Å². The van der Waals surface area contributed by atoms with Crippen molar-refractivity contribution in [2.75, 3.05) is 18.6 Å². The first-order valence-corrected chi connectivity index (χ1v) is 17.3. The third kappa shape index (κ3) is 12.0. The molecular weight excluding hydrogens is 488 g/mol. The number of carbonyl (C=O) groups is 1. The predicted octanol–water partition coefficient (Wildman–Crippen LogP) is 7.44. The Bertz CT molecular complexity index is 817. The molecule has 0 bridgehead atoms. The summed E-state index contributed by atoms with van der Waals surface area (Å²) < 4.78 is 26.4. The molecule has 1 aliphatic heterocycles. The lowest BCUT2D eigenvalue weighted by Crippen LogP contribution is -2.47. The van der Waals surface area contributed by atoms with Crippen LogP contribution in [0, 0.1) is 0 Å². The fraction of sp³-hybridized carbons (Fsp3) is 0.759. The molecule has 7 heteroatoms. The van der Waals surface area contributed by atoms with Crippen LogP contribution in [0.2, 0.25) is 0 Å². The van der Waals surface area contributed by atoms with E-state index < -0.39 is 16.1 Å². The van der Waals surface area contributed by atoms with Gasteiger partial charge in [0.2, 0.25) is 15.9 Å². The molecule has 1 aliphatic rings. The monoisotopic (exact) mass is 538 g/mol. The Morgan fingerprint density at radius 1 is 0.833 bits per heavy atom. The van der Waals surface area contributed by atoms with Gasteiger partial charge in [-0.1, -0.05) is 134 Å². The number of benzene rings is 1. The minimum Gasteiger partial charge on any atom is -0.355 e. The summed E-state index contributed by atoms with van der Waals surface area (Å²) in [6.45, 7) is 2.89. The third-order valence-corrected chi connectivity index (χ3v) is 9.74. The highest BCUT2D eigenvalue weighted by Crippen LogP contribution is 2.42. The van der Waals surface area contributed by atoms with Gasteiger partial charge in [0.1, 0.15) is 6.04 Å². The smallest absolute Gasteiger partial charge is 0.239 e. The predicted molar refractivity (Wildman–Crippen MR) is 155 cm³/mol. The minimum absolute atomic E-state index is 0.174. The Balaban J connectivity index is 1.50. The van der Waals surface area contributed by atoms with Gasteiger partial charge in [-0.3, -0.25) is 4.79 Å². The van der Waals surface area contributed by atoms with Gasteiger partial charge in [-0.05, 0) is 12.0 Å². The molecule has 2 atom stereocenters. The number of amides is 1. The summed E-state index contributed by atoms with van der Waals surface area (Å²) in [5.41, 5.74) is 0.918. The van der Waals surface area contributed by atoms with Crippen molar-refractivity contribution in [1.29, 1.82) is 0 Å². The highest BCUT2D eigenvalue weighted by molar-refractivity contribution is 8.01. The summed E-state index contributed by atoms with van der Waals surface area (Å²) in [6, 6.07) is 8.92. The van der Waals surface area contributed by atoms with Crippen molar-refractivity contribution in [3.05, 3.63) is 35.9 Å². The molecule has 5 nitrogen and oxygen atoms in total. The van der Waals surface area contributed by atoms with Crippen molar-refractivity contribution in [2.45, 2.75) is 121 Å². The average molecular weight is 539 g/mol. The highest BCUT2D eigenvalue weighted by Gasteiger charge is 2.44. The van der Waals surface area contributed by atoms with Crippen LogP contribution in [0.3, 0.4) is 0 Å². The van der Waals surface area contributed by atoms with Gasteiger partial charge in [0, 0.05) is 12.3 Å². The second-order valence-corrected chi connectivity index (χ2v) is 13.3. The van der Waals surface area contributed by atoms with E-state index >= 15 is 0 Å². The van der Waals surface area contributed by atoms with Crippen LogP contribution in [0.25, 0.3) is 0 Å². The zero-order valence-electron chi connectivity index (χ0n) is 22.8. The normalized spacial score (nSPS) is 18.5. The highest BCUT2D eigenvalue weighted by atomic mass is 32.2. The number of hydrogen-bond donors (Lipinski definition) is 1. The first-order valence-electron chi connectivity index (χ1n) is 14.4. The Kier molecular flexibility index (Phi) is 15.8. The molecule has 0 saturated carbocycles. The maximum Gasteiger partial charge on any atom is 0.239 e. The van der Waals surface area contributed by atoms with E-state index in [1.165, 1.54) is 112 Å². The lowest BCUT2D eigenvalue weighted by Gasteiger charge is -2.26. The zero-order valence-corrected chi connectivity index (χ0v) is 24.4. The van der Waals surface area contributed by atoms with Gasteiger partial charge in [-0.25, -0.2) is 8.42 Å². The van der Waals surface area contributed by atoms with Crippen LogP contribution in [0.4, 0.5) is 0 Å². The van der Waals surface area contributed by atoms with Crippen LogP contribution in [0.5, 0.6) is 0 Å². The van der Waals surface area contributed by atoms with E-state index in [1.807, 2.05) is 30.3 Å². The molecule has 0 radical (unpaired) electrons. The van der Waals surface area contributed by atoms with Gasteiger partial charge in [-0.15, -0.1) is 11.8 Å². The van der Waals surface area contributed by atoms with Gasteiger partial charge >= 0.3 is 0 Å². The van der Waals surface area contributed by atoms with Crippen molar-refractivity contribution in [1.82, 2.24) is 9.62 Å². The molecule has 0 spiro atoms. The van der Waals surface area contributed by atoms with Crippen LogP contribution >= 0.6 is 11.8 Å². The minimum atomic E-state index is -3.50. The number of hydrogen-bond acceptors (Lipinski definition) is 4. The maximum absolute atomic E-state index is 12.8. The first-order chi connectivity index (χ1) is 17.4. The molecule has 1 aromatic rings. The molecule has 0 aliphatic carbocycles. The molecule has 36 heavy (non-hydrogen) atoms. The van der Waals surface area contributed by atoms with Gasteiger partial charge in [0.25, 0.3) is 0 Å². The van der Waals surface area contributed by atoms with Crippen LogP contribution in [0.1, 0.15) is 121 Å². The second kappa shape index (κ2) is 18.2. The molecule has 1 N–H and O–H groups in total. The molecular formula is C29H50N2O3S2. The summed E-state index contributed by atoms with van der Waals surface area (Å²) >= 11 is 1.52. The van der Waals surface area contributed by atoms with Gasteiger partial charge in [0.05, 0.1) is 11.6 Å². The van der Waals surface area contributed by atoms with E-state index in [0.29, 0.717) is 12.3 Å². The molecule has 1 amide bonds. The number of nitrogens with zero attached hydrogens (tertiary/aromatic N) is 1. The Hall–Kier alpha value is -1.05. The van der Waals surface area contributed by atoms with Crippen molar-refractivity contribution in [2.24, 2.45) is 0 Å². The van der Waals surface area contributed by atoms with E-state index in [1.54, 1.807) is 0 Å². The molecule has 2 rings (SSSR count). The quantitative estimate of drug-likeness (QED) is 0.175. The van der Waals surface area contributed by atoms with Crippen LogP contribution < -0.4 is 5.32 Å². The number of sulfonamides is 1. The van der Waals surface area contributed by atoms with Gasteiger partial charge < -0.3 is 5.32 Å². The number of nitrogens with one attached hydrogen (secondary N) is 1. The SMILES string of the molecule is CCCCCCCCCCCCCCCCCCNC(=O)[C@H]1CSC(c2ccccc2)N1S(C)(=O)=O. The van der Waals surface area contributed by atoms with Crippen molar-refractivity contribution >= 4 is 27.7 Å². The summed E-state index contributed by atoms with van der Waals surface area (Å²) in [5.74, 6) is 0.310. The molecule has 1 heterocycles. The second-order valence-electron chi connectivity index (χ2n) is 10.3. The summed E-state index contributed by atoms with van der Waals surface area (Å²) in [4.78, 5) is 12.8. The van der Waals surface area contributed by atoms with Crippen LogP contribution in [0.15, 0.2) is 30.3 Å². The Labute approximate surface area is 225 Å². The van der Waals surface area contributed by atoms with E-state index in [4.69, 9.17) is 0 Å². The van der Waals surface area contributed by atoms with E-state index in [-0.39, 0.29) is 11.3 Å². The third-order valence-electron chi connectivity index (χ3n) is 7.05. The lowest BCUT2D eigenvalue weighted by molar-refractivity contribution is -0.124. The standard InChI is InChI=1S/C29H50N2O3S2/c1-3-4-5-6-7-8-9-10-11-12-13-14-15-16-17-21-24-30-28(32)27-25-35-29(31(27)36(2,33)34)26-22-19-18-20-23-26/h18-20,22-23,27,29H,3-17,21,24-25H2,1-2H3,(H,30,32)/t27-,29?/m1/s1. The number of rotatable bonds is 20. The van der Waals surface area contributed by atoms with Crippen LogP contribution in [-0.4, -0.2) is 43.2 Å². The number of carbonyl (C=O) groups excluding carboxylic acids is 1. The zero-order chi connectivity index (χ0) is 26.1. The van der Waals surface area contributed by atoms with Crippen molar-refractivity contribution in [3.8, 4) is 0 Å². The topological polar surface area (TPSA) is 66.5 Å². The summed E-state index contributed by atoms with van der Waals surface area (Å²) in [5, 5.41) is 2.65. The molecule has 1 fully saturated rings. The largest absolute Gasteiger partial charge is 0.355 e. The number of thioether (sulfide) groups is 1. The molecule has 206 valence electrons. The first kappa shape index (κ1) is 31.2. The maximum atomic E-state index is 12.8. The van der Waals surface area contributed by atoms with Gasteiger partial charge in [0.15, 0.2) is 0 Å². The Morgan fingerprint density at radius 3 is 1.78 bits per heavy atom. The molecule has 1 saturated heterocycles. The van der Waals surface area contributed by atoms with E-state index in [0.717, 1.165) is 18.4 Å². The average Bonchev–Trinajstić information content (AvgIpc) is 3.33. The van der Waals surface area contributed by atoms with E-state index in [2.05, 4.69) is 12.2 Å². The summed E-state index contributed by atoms with van der Waals surface area (Å²) in [6.07, 6.45) is 22.4. The van der Waals surface area contributed by atoms with Crippen LogP contribution in [-0.2, 0) is 14.8 Å². The van der Waals surface area contributed by atoms with Gasteiger partial charge in [-0.2, -0.15) is 4.31 Å². The van der Waals surface area contributed by atoms with E-state index in [9.17, 15) is 13.2 Å². The molecule has 1 unspecified atom stereocenters. The van der Waals surface area contributed by atoms with Crippen molar-refractivity contribution < 1.29 is 13.2 Å². The fourth-order valence-electron chi connectivity index (χ4n) is 4.95. The molecule has 0 aromatic heterocycles. The summed E-state index contributed by atoms with van der Waals surface area (Å²) in [7, 11) is -3.50. The number of unbranched alkanes of at least 4 members (excludes halogenated alkanes) is 15. The fourth-order valence-corrected chi connectivity index (χ4v) is 8.12. The Morgan fingerprint density at radius 2 is 1.31 bits per heavy atom. The lowest BCUT2D eigenvalue weighted by atomic mass is 10.0.